The van der Waals surface area contributed by atoms with Crippen LogP contribution in [0.15, 0.2) is 0 Å². The number of nitrogens with one attached hydrogen (secondary N) is 1. The summed E-state index contributed by atoms with van der Waals surface area (Å²) in [5.41, 5.74) is 0. The number of hydrogen-bond donors (Lipinski definition) is 1. The van der Waals surface area contributed by atoms with Crippen LogP contribution in [0.2, 0.25) is 0 Å². The summed E-state index contributed by atoms with van der Waals surface area (Å²) in [5, 5.41) is 3.40. The molecular weight excluding hydrogens is 200 g/mol. The summed E-state index contributed by atoms with van der Waals surface area (Å²) in [7, 11) is 1.89. The Hall–Kier alpha value is -0.120. The molecule has 1 N–H and O–H groups in total. The van der Waals surface area contributed by atoms with Gasteiger partial charge in [-0.1, -0.05) is 19.3 Å². The number of methoxy groups -OCH3 is 1. The predicted molar refractivity (Wildman–Crippen MR) is 66.7 cm³/mol. The van der Waals surface area contributed by atoms with E-state index >= 15 is 0 Å². The Morgan fingerprint density at radius 1 is 1.19 bits per heavy atom. The minimum atomic E-state index is 0.471. The van der Waals surface area contributed by atoms with Crippen molar-refractivity contribution in [3.05, 3.63) is 0 Å². The Kier molecular flexibility index (Phi) is 5.07. The Morgan fingerprint density at radius 3 is 2.50 bits per heavy atom. The van der Waals surface area contributed by atoms with Gasteiger partial charge in [0.1, 0.15) is 0 Å². The highest BCUT2D eigenvalue weighted by atomic mass is 16.5. The van der Waals surface area contributed by atoms with Crippen molar-refractivity contribution < 1.29 is 4.74 Å². The molecular formula is C13H26N2O. The highest BCUT2D eigenvalue weighted by Gasteiger charge is 2.25. The third-order valence-electron chi connectivity index (χ3n) is 4.13. The standard InChI is InChI=1S/C13H26N2O/c1-16-13(12-5-3-2-4-6-12)11-15-9-7-14-8-10-15/h12-14H,2-11H2,1H3. The summed E-state index contributed by atoms with van der Waals surface area (Å²) in [6, 6.07) is 0. The first-order valence-corrected chi connectivity index (χ1v) is 6.86. The van der Waals surface area contributed by atoms with Crippen molar-refractivity contribution in [2.45, 2.75) is 38.2 Å². The van der Waals surface area contributed by atoms with E-state index in [1.165, 1.54) is 45.2 Å². The number of hydrogen-bond acceptors (Lipinski definition) is 3. The van der Waals surface area contributed by atoms with Crippen LogP contribution in [0, 0.1) is 5.92 Å². The van der Waals surface area contributed by atoms with E-state index in [0.717, 1.165) is 25.6 Å². The van der Waals surface area contributed by atoms with Gasteiger partial charge in [-0.05, 0) is 18.8 Å². The van der Waals surface area contributed by atoms with Crippen LogP contribution in [-0.2, 0) is 4.74 Å². The largest absolute Gasteiger partial charge is 0.380 e. The molecule has 0 amide bonds. The van der Waals surface area contributed by atoms with Crippen LogP contribution in [0.1, 0.15) is 32.1 Å². The average Bonchev–Trinajstić information content (AvgIpc) is 2.38. The molecule has 1 saturated heterocycles. The van der Waals surface area contributed by atoms with E-state index < -0.39 is 0 Å². The van der Waals surface area contributed by atoms with Gasteiger partial charge in [-0.25, -0.2) is 0 Å². The molecule has 0 aromatic carbocycles. The number of piperazine rings is 1. The molecule has 1 aliphatic heterocycles. The van der Waals surface area contributed by atoms with Gasteiger partial charge in [-0.15, -0.1) is 0 Å². The molecule has 3 heteroatoms. The first-order valence-electron chi connectivity index (χ1n) is 6.86. The molecule has 0 aromatic heterocycles. The molecule has 94 valence electrons. The Morgan fingerprint density at radius 2 is 1.88 bits per heavy atom. The van der Waals surface area contributed by atoms with E-state index in [2.05, 4.69) is 10.2 Å². The summed E-state index contributed by atoms with van der Waals surface area (Å²) in [6.45, 7) is 5.80. The van der Waals surface area contributed by atoms with Crippen LogP contribution in [-0.4, -0.2) is 50.8 Å². The molecule has 2 rings (SSSR count). The highest BCUT2D eigenvalue weighted by Crippen LogP contribution is 2.28. The fraction of sp³-hybridized carbons (Fsp3) is 1.00. The van der Waals surface area contributed by atoms with Crippen LogP contribution >= 0.6 is 0 Å². The smallest absolute Gasteiger partial charge is 0.0726 e. The number of ether oxygens (including phenoxy) is 1. The van der Waals surface area contributed by atoms with Crippen LogP contribution in [0.3, 0.4) is 0 Å². The molecule has 0 bridgehead atoms. The first kappa shape index (κ1) is 12.3. The SMILES string of the molecule is COC(CN1CCNCC1)C1CCCCC1. The van der Waals surface area contributed by atoms with Gasteiger partial charge in [0.2, 0.25) is 0 Å². The van der Waals surface area contributed by atoms with E-state index in [1.807, 2.05) is 7.11 Å². The third kappa shape index (κ3) is 3.44. The lowest BCUT2D eigenvalue weighted by molar-refractivity contribution is 0.00702. The maximum absolute atomic E-state index is 5.73. The molecule has 1 heterocycles. The van der Waals surface area contributed by atoms with Crippen molar-refractivity contribution in [3.8, 4) is 0 Å². The normalized spacial score (nSPS) is 26.8. The first-order chi connectivity index (χ1) is 7.90. The van der Waals surface area contributed by atoms with E-state index in [-0.39, 0.29) is 0 Å². The second kappa shape index (κ2) is 6.58. The summed E-state index contributed by atoms with van der Waals surface area (Å²) in [5.74, 6) is 0.814. The summed E-state index contributed by atoms with van der Waals surface area (Å²) >= 11 is 0. The lowest BCUT2D eigenvalue weighted by Crippen LogP contribution is -2.48. The van der Waals surface area contributed by atoms with Gasteiger partial charge in [0, 0.05) is 39.8 Å². The monoisotopic (exact) mass is 226 g/mol. The summed E-state index contributed by atoms with van der Waals surface area (Å²) in [6.07, 6.45) is 7.48. The maximum atomic E-state index is 5.73. The van der Waals surface area contributed by atoms with Crippen LogP contribution in [0.5, 0.6) is 0 Å². The van der Waals surface area contributed by atoms with Gasteiger partial charge in [0.05, 0.1) is 6.10 Å². The zero-order valence-electron chi connectivity index (χ0n) is 10.6. The average molecular weight is 226 g/mol. The number of nitrogens with zero attached hydrogens (tertiary/aromatic N) is 1. The minimum Gasteiger partial charge on any atom is -0.380 e. The fourth-order valence-electron chi connectivity index (χ4n) is 3.07. The van der Waals surface area contributed by atoms with Crippen molar-refractivity contribution in [1.82, 2.24) is 10.2 Å². The van der Waals surface area contributed by atoms with Gasteiger partial charge in [-0.3, -0.25) is 4.90 Å². The van der Waals surface area contributed by atoms with Crippen LogP contribution in [0.4, 0.5) is 0 Å². The van der Waals surface area contributed by atoms with Crippen molar-refractivity contribution in [2.75, 3.05) is 39.8 Å². The number of rotatable bonds is 4. The Balaban J connectivity index is 1.78. The van der Waals surface area contributed by atoms with Gasteiger partial charge in [0.25, 0.3) is 0 Å². The fourth-order valence-corrected chi connectivity index (χ4v) is 3.07. The molecule has 1 atom stereocenters. The molecule has 16 heavy (non-hydrogen) atoms. The zero-order chi connectivity index (χ0) is 11.2. The highest BCUT2D eigenvalue weighted by molar-refractivity contribution is 4.79. The maximum Gasteiger partial charge on any atom is 0.0726 e. The Labute approximate surface area is 99.5 Å². The lowest BCUT2D eigenvalue weighted by Gasteiger charge is -2.35. The predicted octanol–water partition coefficient (Wildman–Crippen LogP) is 1.49. The molecule has 0 spiro atoms. The van der Waals surface area contributed by atoms with Crippen LogP contribution < -0.4 is 5.32 Å². The Bertz CT molecular complexity index is 186. The van der Waals surface area contributed by atoms with Crippen molar-refractivity contribution in [3.63, 3.8) is 0 Å². The molecule has 0 radical (unpaired) electrons. The summed E-state index contributed by atoms with van der Waals surface area (Å²) in [4.78, 5) is 2.55. The second-order valence-corrected chi connectivity index (χ2v) is 5.22. The molecule has 1 unspecified atom stereocenters. The molecule has 0 aromatic rings. The lowest BCUT2D eigenvalue weighted by atomic mass is 9.85. The van der Waals surface area contributed by atoms with Crippen LogP contribution in [0.25, 0.3) is 0 Å². The molecule has 2 aliphatic rings. The molecule has 1 saturated carbocycles. The van der Waals surface area contributed by atoms with E-state index in [4.69, 9.17) is 4.74 Å². The zero-order valence-corrected chi connectivity index (χ0v) is 10.6. The van der Waals surface area contributed by atoms with Crippen molar-refractivity contribution in [2.24, 2.45) is 5.92 Å². The summed E-state index contributed by atoms with van der Waals surface area (Å²) < 4.78 is 5.73. The van der Waals surface area contributed by atoms with E-state index in [9.17, 15) is 0 Å². The topological polar surface area (TPSA) is 24.5 Å². The second-order valence-electron chi connectivity index (χ2n) is 5.22. The van der Waals surface area contributed by atoms with E-state index in [0.29, 0.717) is 6.10 Å². The minimum absolute atomic E-state index is 0.471. The third-order valence-corrected chi connectivity index (χ3v) is 4.13. The van der Waals surface area contributed by atoms with E-state index in [1.54, 1.807) is 0 Å². The van der Waals surface area contributed by atoms with Crippen molar-refractivity contribution >= 4 is 0 Å². The molecule has 2 fully saturated rings. The quantitative estimate of drug-likeness (QED) is 0.786. The molecule has 3 nitrogen and oxygen atoms in total. The van der Waals surface area contributed by atoms with Crippen molar-refractivity contribution in [1.29, 1.82) is 0 Å². The van der Waals surface area contributed by atoms with Gasteiger partial charge in [-0.2, -0.15) is 0 Å². The van der Waals surface area contributed by atoms with Gasteiger partial charge < -0.3 is 10.1 Å². The molecule has 1 aliphatic carbocycles. The van der Waals surface area contributed by atoms with Gasteiger partial charge in [0.15, 0.2) is 0 Å². The van der Waals surface area contributed by atoms with Gasteiger partial charge >= 0.3 is 0 Å².